The lowest BCUT2D eigenvalue weighted by Gasteiger charge is -2.01. The van der Waals surface area contributed by atoms with Gasteiger partial charge in [0.15, 0.2) is 0 Å². The van der Waals surface area contributed by atoms with Crippen LogP contribution in [0, 0.1) is 0 Å². The van der Waals surface area contributed by atoms with Gasteiger partial charge in [-0.2, -0.15) is 0 Å². The molecule has 0 fully saturated rings. The van der Waals surface area contributed by atoms with E-state index in [1.165, 1.54) is 11.3 Å². The molecule has 2 heterocycles. The Balaban J connectivity index is 2.55. The minimum Gasteiger partial charge on any atom is -0.351 e. The Bertz CT molecular complexity index is 509. The van der Waals surface area contributed by atoms with E-state index in [9.17, 15) is 4.79 Å². The number of nitrogens with one attached hydrogen (secondary N) is 1. The van der Waals surface area contributed by atoms with Crippen molar-refractivity contribution in [2.24, 2.45) is 0 Å². The molecule has 0 radical (unpaired) electrons. The van der Waals surface area contributed by atoms with Crippen molar-refractivity contribution in [3.63, 3.8) is 0 Å². The van der Waals surface area contributed by atoms with E-state index in [1.54, 1.807) is 12.3 Å². The van der Waals surface area contributed by atoms with Gasteiger partial charge in [0.05, 0.1) is 4.34 Å². The fourth-order valence-electron chi connectivity index (χ4n) is 1.36. The van der Waals surface area contributed by atoms with Gasteiger partial charge < -0.3 is 5.32 Å². The maximum absolute atomic E-state index is 11.7. The van der Waals surface area contributed by atoms with Crippen LogP contribution in [-0.2, 0) is 0 Å². The van der Waals surface area contributed by atoms with E-state index >= 15 is 0 Å². The van der Waals surface area contributed by atoms with Gasteiger partial charge in [-0.3, -0.25) is 9.78 Å². The molecule has 0 aromatic carbocycles. The summed E-state index contributed by atoms with van der Waals surface area (Å²) in [7, 11) is 0. The van der Waals surface area contributed by atoms with Crippen molar-refractivity contribution in [2.75, 3.05) is 6.54 Å². The van der Waals surface area contributed by atoms with E-state index in [0.717, 1.165) is 10.1 Å². The van der Waals surface area contributed by atoms with Gasteiger partial charge in [0.1, 0.15) is 5.69 Å². The summed E-state index contributed by atoms with van der Waals surface area (Å²) in [6, 6.07) is 3.63. The normalized spacial score (nSPS) is 10.5. The van der Waals surface area contributed by atoms with Gasteiger partial charge in [-0.05, 0) is 19.1 Å². The highest BCUT2D eigenvalue weighted by Crippen LogP contribution is 2.30. The zero-order valence-electron chi connectivity index (χ0n) is 8.08. The Morgan fingerprint density at radius 2 is 2.47 bits per heavy atom. The molecular formula is C10H9ClN2OS. The van der Waals surface area contributed by atoms with E-state index in [4.69, 9.17) is 11.6 Å². The van der Waals surface area contributed by atoms with Crippen molar-refractivity contribution in [1.29, 1.82) is 0 Å². The fourth-order valence-corrected chi connectivity index (χ4v) is 2.50. The summed E-state index contributed by atoms with van der Waals surface area (Å²) in [4.78, 5) is 15.7. The maximum Gasteiger partial charge on any atom is 0.270 e. The van der Waals surface area contributed by atoms with E-state index in [-0.39, 0.29) is 5.91 Å². The van der Waals surface area contributed by atoms with Crippen molar-refractivity contribution < 1.29 is 4.79 Å². The van der Waals surface area contributed by atoms with Gasteiger partial charge in [-0.15, -0.1) is 11.3 Å². The Morgan fingerprint density at radius 3 is 3.20 bits per heavy atom. The molecule has 0 aliphatic heterocycles. The monoisotopic (exact) mass is 240 g/mol. The van der Waals surface area contributed by atoms with E-state index < -0.39 is 0 Å². The summed E-state index contributed by atoms with van der Waals surface area (Å²) in [5.74, 6) is -0.155. The van der Waals surface area contributed by atoms with E-state index in [2.05, 4.69) is 10.3 Å². The molecule has 2 aromatic rings. The van der Waals surface area contributed by atoms with E-state index in [1.807, 2.05) is 13.0 Å². The van der Waals surface area contributed by atoms with Crippen LogP contribution in [0.25, 0.3) is 10.1 Å². The molecule has 0 saturated heterocycles. The zero-order chi connectivity index (χ0) is 10.8. The highest BCUT2D eigenvalue weighted by molar-refractivity contribution is 7.22. The smallest absolute Gasteiger partial charge is 0.270 e. The molecule has 0 unspecified atom stereocenters. The van der Waals surface area contributed by atoms with Crippen molar-refractivity contribution in [2.45, 2.75) is 6.92 Å². The Morgan fingerprint density at radius 1 is 1.67 bits per heavy atom. The van der Waals surface area contributed by atoms with Gasteiger partial charge in [0.25, 0.3) is 5.91 Å². The second-order valence-corrected chi connectivity index (χ2v) is 4.70. The predicted octanol–water partition coefficient (Wildman–Crippen LogP) is 2.70. The van der Waals surface area contributed by atoms with Gasteiger partial charge in [0, 0.05) is 22.8 Å². The van der Waals surface area contributed by atoms with Crippen LogP contribution in [0.5, 0.6) is 0 Å². The lowest BCUT2D eigenvalue weighted by molar-refractivity contribution is 0.0953. The maximum atomic E-state index is 11.7. The lowest BCUT2D eigenvalue weighted by atomic mass is 10.2. The third-order valence-electron chi connectivity index (χ3n) is 1.97. The summed E-state index contributed by atoms with van der Waals surface area (Å²) in [6.07, 6.45) is 1.62. The molecular weight excluding hydrogens is 232 g/mol. The Kier molecular flexibility index (Phi) is 2.88. The summed E-state index contributed by atoms with van der Waals surface area (Å²) in [5, 5.41) is 3.54. The molecule has 78 valence electrons. The quantitative estimate of drug-likeness (QED) is 0.877. The van der Waals surface area contributed by atoms with Crippen LogP contribution in [0.3, 0.4) is 0 Å². The average Bonchev–Trinajstić information content (AvgIpc) is 2.57. The van der Waals surface area contributed by atoms with Crippen LogP contribution in [-0.4, -0.2) is 17.4 Å². The first kappa shape index (κ1) is 10.4. The number of carbonyl (C=O) groups is 1. The van der Waals surface area contributed by atoms with Crippen LogP contribution in [0.15, 0.2) is 18.3 Å². The molecule has 1 N–H and O–H groups in total. The van der Waals surface area contributed by atoms with Crippen LogP contribution in [0.4, 0.5) is 0 Å². The van der Waals surface area contributed by atoms with Crippen molar-refractivity contribution in [3.05, 3.63) is 28.4 Å². The number of carbonyl (C=O) groups excluding carboxylic acids is 1. The van der Waals surface area contributed by atoms with Gasteiger partial charge >= 0.3 is 0 Å². The minimum atomic E-state index is -0.155. The van der Waals surface area contributed by atoms with Crippen LogP contribution in [0.2, 0.25) is 4.34 Å². The number of hydrogen-bond donors (Lipinski definition) is 1. The highest BCUT2D eigenvalue weighted by atomic mass is 35.5. The van der Waals surface area contributed by atoms with E-state index in [0.29, 0.717) is 16.6 Å². The fraction of sp³-hybridized carbons (Fsp3) is 0.200. The van der Waals surface area contributed by atoms with Crippen LogP contribution < -0.4 is 5.32 Å². The summed E-state index contributed by atoms with van der Waals surface area (Å²) in [5.41, 5.74) is 0.442. The van der Waals surface area contributed by atoms with Gasteiger partial charge in [0.2, 0.25) is 0 Å². The topological polar surface area (TPSA) is 42.0 Å². The predicted molar refractivity (Wildman–Crippen MR) is 62.6 cm³/mol. The number of hydrogen-bond acceptors (Lipinski definition) is 3. The zero-order valence-corrected chi connectivity index (χ0v) is 9.65. The van der Waals surface area contributed by atoms with Crippen LogP contribution in [0.1, 0.15) is 17.4 Å². The molecule has 0 bridgehead atoms. The Labute approximate surface area is 96.1 Å². The largest absolute Gasteiger partial charge is 0.351 e. The second kappa shape index (κ2) is 4.16. The number of pyridine rings is 1. The van der Waals surface area contributed by atoms with Gasteiger partial charge in [-0.25, -0.2) is 0 Å². The first-order chi connectivity index (χ1) is 7.22. The summed E-state index contributed by atoms with van der Waals surface area (Å²) < 4.78 is 1.65. The first-order valence-corrected chi connectivity index (χ1v) is 5.74. The number of halogens is 1. The third kappa shape index (κ3) is 1.96. The molecule has 3 nitrogen and oxygen atoms in total. The average molecular weight is 241 g/mol. The Hall–Kier alpha value is -1.13. The molecule has 1 amide bonds. The molecule has 0 saturated carbocycles. The number of nitrogens with zero attached hydrogens (tertiary/aromatic N) is 1. The number of rotatable bonds is 2. The SMILES string of the molecule is CCNC(=O)c1nccc2sc(Cl)cc12. The molecule has 15 heavy (non-hydrogen) atoms. The molecule has 2 rings (SSSR count). The molecule has 0 atom stereocenters. The van der Waals surface area contributed by atoms with Crippen molar-refractivity contribution in [1.82, 2.24) is 10.3 Å². The van der Waals surface area contributed by atoms with Crippen LogP contribution >= 0.6 is 22.9 Å². The lowest BCUT2D eigenvalue weighted by Crippen LogP contribution is -2.23. The number of fused-ring (bicyclic) bond motifs is 1. The van der Waals surface area contributed by atoms with Crippen molar-refractivity contribution in [3.8, 4) is 0 Å². The van der Waals surface area contributed by atoms with Crippen molar-refractivity contribution >= 4 is 38.9 Å². The molecule has 0 spiro atoms. The summed E-state index contributed by atoms with van der Waals surface area (Å²) >= 11 is 7.34. The molecule has 0 aliphatic carbocycles. The summed E-state index contributed by atoms with van der Waals surface area (Å²) in [6.45, 7) is 2.47. The molecule has 2 aromatic heterocycles. The first-order valence-electron chi connectivity index (χ1n) is 4.54. The number of amides is 1. The molecule has 5 heteroatoms. The highest BCUT2D eigenvalue weighted by Gasteiger charge is 2.12. The number of aromatic nitrogens is 1. The second-order valence-electron chi connectivity index (χ2n) is 2.98. The standard InChI is InChI=1S/C10H9ClN2OS/c1-2-12-10(14)9-6-5-8(11)15-7(6)3-4-13-9/h3-5H,2H2,1H3,(H,12,14). The minimum absolute atomic E-state index is 0.155. The number of thiophene rings is 1. The third-order valence-corrected chi connectivity index (χ3v) is 3.20. The molecule has 0 aliphatic rings. The van der Waals surface area contributed by atoms with Gasteiger partial charge in [-0.1, -0.05) is 11.6 Å².